The smallest absolute Gasteiger partial charge is 0.251 e. The zero-order chi connectivity index (χ0) is 16.7. The maximum Gasteiger partial charge on any atom is 0.251 e. The molecule has 0 radical (unpaired) electrons. The van der Waals surface area contributed by atoms with Crippen LogP contribution in [0.25, 0.3) is 0 Å². The van der Waals surface area contributed by atoms with Gasteiger partial charge in [-0.25, -0.2) is 0 Å². The van der Waals surface area contributed by atoms with E-state index in [2.05, 4.69) is 15.2 Å². The third-order valence-electron chi connectivity index (χ3n) is 3.78. The zero-order valence-electron chi connectivity index (χ0n) is 13.0. The second-order valence-electron chi connectivity index (χ2n) is 5.53. The Morgan fingerprint density at radius 3 is 2.52 bits per heavy atom. The summed E-state index contributed by atoms with van der Waals surface area (Å²) in [5.74, 6) is 0.364. The molecule has 0 unspecified atom stereocenters. The topological polar surface area (TPSA) is 70.7 Å². The number of rotatable bonds is 4. The Labute approximate surface area is 146 Å². The van der Waals surface area contributed by atoms with E-state index in [1.165, 1.54) is 12.8 Å². The van der Waals surface area contributed by atoms with Gasteiger partial charge in [0, 0.05) is 25.2 Å². The van der Waals surface area contributed by atoms with Crippen molar-refractivity contribution in [2.45, 2.75) is 25.7 Å². The van der Waals surface area contributed by atoms with Gasteiger partial charge >= 0.3 is 0 Å². The van der Waals surface area contributed by atoms with Crippen LogP contribution in [0.5, 0.6) is 0 Å². The Hall–Kier alpha value is -1.46. The predicted molar refractivity (Wildman–Crippen MR) is 95.3 cm³/mol. The Morgan fingerprint density at radius 1 is 1.17 bits per heavy atom. The lowest BCUT2D eigenvalue weighted by Crippen LogP contribution is -2.38. The van der Waals surface area contributed by atoms with Gasteiger partial charge in [0.05, 0.1) is 16.6 Å². The highest BCUT2D eigenvalue weighted by Gasteiger charge is 2.11. The number of hydrogen-bond donors (Lipinski definition) is 2. The molecule has 5 nitrogen and oxygen atoms in total. The van der Waals surface area contributed by atoms with Crippen LogP contribution in [0.15, 0.2) is 23.2 Å². The standard InChI is InChI=1S/C16H22Cl2N4O/c17-13-6-5-12(11-14(13)18)15(23)20-7-8-21-16(19)22-9-3-1-2-4-10-22/h5-6,11H,1-4,7-10H2,(H2,19,21)(H,20,23). The summed E-state index contributed by atoms with van der Waals surface area (Å²) in [6.07, 6.45) is 4.82. The molecule has 0 bridgehead atoms. The fourth-order valence-electron chi connectivity index (χ4n) is 2.48. The molecular formula is C16H22Cl2N4O. The third kappa shape index (κ3) is 5.59. The minimum absolute atomic E-state index is 0.202. The van der Waals surface area contributed by atoms with Crippen molar-refractivity contribution >= 4 is 35.1 Å². The molecule has 3 N–H and O–H groups in total. The number of nitrogens with one attached hydrogen (secondary N) is 1. The molecule has 1 aromatic rings. The monoisotopic (exact) mass is 356 g/mol. The number of guanidine groups is 1. The van der Waals surface area contributed by atoms with E-state index in [0.717, 1.165) is 25.9 Å². The van der Waals surface area contributed by atoms with Gasteiger partial charge in [-0.05, 0) is 31.0 Å². The van der Waals surface area contributed by atoms with Crippen LogP contribution >= 0.6 is 23.2 Å². The summed E-state index contributed by atoms with van der Waals surface area (Å²) in [6, 6.07) is 4.79. The number of hydrogen-bond acceptors (Lipinski definition) is 2. The average Bonchev–Trinajstić information content (AvgIpc) is 2.83. The summed E-state index contributed by atoms with van der Waals surface area (Å²) in [5, 5.41) is 3.59. The molecule has 0 aliphatic carbocycles. The molecule has 1 amide bonds. The van der Waals surface area contributed by atoms with E-state index in [4.69, 9.17) is 28.9 Å². The van der Waals surface area contributed by atoms with Crippen molar-refractivity contribution in [3.63, 3.8) is 0 Å². The van der Waals surface area contributed by atoms with Gasteiger partial charge in [-0.3, -0.25) is 9.79 Å². The van der Waals surface area contributed by atoms with Crippen LogP contribution in [0.2, 0.25) is 10.0 Å². The van der Waals surface area contributed by atoms with E-state index in [0.29, 0.717) is 34.7 Å². The average molecular weight is 357 g/mol. The summed E-state index contributed by atoms with van der Waals surface area (Å²) < 4.78 is 0. The Balaban J connectivity index is 1.78. The molecule has 2 rings (SSSR count). The molecule has 1 aromatic carbocycles. The number of aliphatic imine (C=N–C) groups is 1. The fourth-order valence-corrected chi connectivity index (χ4v) is 2.78. The minimum atomic E-state index is -0.202. The predicted octanol–water partition coefficient (Wildman–Crippen LogP) is 2.91. The molecule has 1 heterocycles. The molecule has 0 aromatic heterocycles. The largest absolute Gasteiger partial charge is 0.370 e. The van der Waals surface area contributed by atoms with Crippen LogP contribution < -0.4 is 11.1 Å². The summed E-state index contributed by atoms with van der Waals surface area (Å²) in [7, 11) is 0. The van der Waals surface area contributed by atoms with Crippen LogP contribution in [0, 0.1) is 0 Å². The first-order valence-corrected chi connectivity index (χ1v) is 8.61. The van der Waals surface area contributed by atoms with Crippen LogP contribution in [-0.2, 0) is 0 Å². The quantitative estimate of drug-likeness (QED) is 0.495. The SMILES string of the molecule is NC(=NCCNC(=O)c1ccc(Cl)c(Cl)c1)N1CCCCCC1. The number of amides is 1. The van der Waals surface area contributed by atoms with Crippen LogP contribution in [0.1, 0.15) is 36.0 Å². The molecular weight excluding hydrogens is 335 g/mol. The van der Waals surface area contributed by atoms with Gasteiger partial charge in [-0.15, -0.1) is 0 Å². The number of halogens is 2. The van der Waals surface area contributed by atoms with Gasteiger partial charge in [0.2, 0.25) is 0 Å². The molecule has 1 aliphatic heterocycles. The van der Waals surface area contributed by atoms with Gasteiger partial charge < -0.3 is 16.0 Å². The third-order valence-corrected chi connectivity index (χ3v) is 4.52. The Kier molecular flexibility index (Phi) is 6.99. The molecule has 1 aliphatic rings. The van der Waals surface area contributed by atoms with Crippen LogP contribution in [-0.4, -0.2) is 42.9 Å². The van der Waals surface area contributed by atoms with Crippen LogP contribution in [0.4, 0.5) is 0 Å². The highest BCUT2D eigenvalue weighted by molar-refractivity contribution is 6.42. The molecule has 1 saturated heterocycles. The van der Waals surface area contributed by atoms with Gasteiger partial charge in [0.1, 0.15) is 0 Å². The highest BCUT2D eigenvalue weighted by Crippen LogP contribution is 2.22. The van der Waals surface area contributed by atoms with Crippen molar-refractivity contribution in [1.82, 2.24) is 10.2 Å². The van der Waals surface area contributed by atoms with E-state index >= 15 is 0 Å². The van der Waals surface area contributed by atoms with Crippen molar-refractivity contribution in [3.8, 4) is 0 Å². The number of nitrogens with two attached hydrogens (primary N) is 1. The van der Waals surface area contributed by atoms with E-state index in [-0.39, 0.29) is 5.91 Å². The molecule has 0 spiro atoms. The van der Waals surface area contributed by atoms with E-state index in [9.17, 15) is 4.79 Å². The molecule has 126 valence electrons. The first-order valence-electron chi connectivity index (χ1n) is 7.86. The second-order valence-corrected chi connectivity index (χ2v) is 6.34. The minimum Gasteiger partial charge on any atom is -0.370 e. The van der Waals surface area contributed by atoms with Gasteiger partial charge in [-0.2, -0.15) is 0 Å². The van der Waals surface area contributed by atoms with E-state index in [1.807, 2.05) is 0 Å². The number of carbonyl (C=O) groups is 1. The summed E-state index contributed by atoms with van der Waals surface area (Å²) in [6.45, 7) is 2.80. The van der Waals surface area contributed by atoms with Gasteiger partial charge in [-0.1, -0.05) is 36.0 Å². The Morgan fingerprint density at radius 2 is 1.87 bits per heavy atom. The number of nitrogens with zero attached hydrogens (tertiary/aromatic N) is 2. The fraction of sp³-hybridized carbons (Fsp3) is 0.500. The summed E-state index contributed by atoms with van der Waals surface area (Å²) in [5.41, 5.74) is 6.49. The molecule has 1 fully saturated rings. The second kappa shape index (κ2) is 8.99. The van der Waals surface area contributed by atoms with Gasteiger partial charge in [0.15, 0.2) is 5.96 Å². The maximum atomic E-state index is 12.0. The first kappa shape index (κ1) is 17.9. The lowest BCUT2D eigenvalue weighted by atomic mass is 10.2. The van der Waals surface area contributed by atoms with Crippen molar-refractivity contribution in [1.29, 1.82) is 0 Å². The lowest BCUT2D eigenvalue weighted by Gasteiger charge is -2.21. The number of benzene rings is 1. The van der Waals surface area contributed by atoms with Crippen molar-refractivity contribution < 1.29 is 4.79 Å². The zero-order valence-corrected chi connectivity index (χ0v) is 14.5. The number of likely N-dealkylation sites (tertiary alicyclic amines) is 1. The molecule has 0 atom stereocenters. The normalized spacial score (nSPS) is 16.1. The van der Waals surface area contributed by atoms with Crippen LogP contribution in [0.3, 0.4) is 0 Å². The summed E-state index contributed by atoms with van der Waals surface area (Å²) >= 11 is 11.7. The van der Waals surface area contributed by atoms with E-state index < -0.39 is 0 Å². The maximum absolute atomic E-state index is 12.0. The van der Waals surface area contributed by atoms with E-state index in [1.54, 1.807) is 18.2 Å². The molecule has 0 saturated carbocycles. The highest BCUT2D eigenvalue weighted by atomic mass is 35.5. The van der Waals surface area contributed by atoms with Crippen molar-refractivity contribution in [2.24, 2.45) is 10.7 Å². The van der Waals surface area contributed by atoms with Crippen molar-refractivity contribution in [2.75, 3.05) is 26.2 Å². The molecule has 7 heteroatoms. The summed E-state index contributed by atoms with van der Waals surface area (Å²) in [4.78, 5) is 18.5. The Bertz CT molecular complexity index is 569. The van der Waals surface area contributed by atoms with Gasteiger partial charge in [0.25, 0.3) is 5.91 Å². The number of carbonyl (C=O) groups excluding carboxylic acids is 1. The molecule has 23 heavy (non-hydrogen) atoms. The first-order chi connectivity index (χ1) is 11.1. The van der Waals surface area contributed by atoms with Crippen molar-refractivity contribution in [3.05, 3.63) is 33.8 Å². The lowest BCUT2D eigenvalue weighted by molar-refractivity contribution is 0.0955.